The molecular weight excluding hydrogens is 280 g/mol. The van der Waals surface area contributed by atoms with Crippen LogP contribution in [-0.2, 0) is 4.74 Å². The quantitative estimate of drug-likeness (QED) is 0.435. The van der Waals surface area contributed by atoms with Crippen LogP contribution in [0.1, 0.15) is 10.4 Å². The third-order valence-corrected chi connectivity index (χ3v) is 3.34. The van der Waals surface area contributed by atoms with E-state index in [-0.39, 0.29) is 11.4 Å². The zero-order valence-electron chi connectivity index (χ0n) is 10.5. The van der Waals surface area contributed by atoms with Crippen LogP contribution in [0.5, 0.6) is 0 Å². The topological polar surface area (TPSA) is 124 Å². The highest BCUT2D eigenvalue weighted by Crippen LogP contribution is 2.30. The van der Waals surface area contributed by atoms with E-state index >= 15 is 0 Å². The van der Waals surface area contributed by atoms with E-state index < -0.39 is 5.97 Å². The number of carbonyl (C=O) groups is 1. The second kappa shape index (κ2) is 5.66. The first-order valence-electron chi connectivity index (χ1n) is 5.52. The van der Waals surface area contributed by atoms with E-state index in [2.05, 4.69) is 14.7 Å². The van der Waals surface area contributed by atoms with Crippen molar-refractivity contribution in [1.82, 2.24) is 9.97 Å². The van der Waals surface area contributed by atoms with E-state index in [0.717, 1.165) is 11.8 Å². The number of ether oxygens (including phenoxy) is 1. The van der Waals surface area contributed by atoms with Crippen molar-refractivity contribution >= 4 is 29.2 Å². The van der Waals surface area contributed by atoms with E-state index in [1.165, 1.54) is 13.2 Å². The Labute approximate surface area is 118 Å². The van der Waals surface area contributed by atoms with Gasteiger partial charge in [-0.1, -0.05) is 0 Å². The number of hydrogen-bond acceptors (Lipinski definition) is 7. The number of benzene rings is 1. The molecule has 0 bridgehead atoms. The molecule has 0 unspecified atom stereocenters. The molecule has 0 aliphatic carbocycles. The maximum absolute atomic E-state index is 11.5. The van der Waals surface area contributed by atoms with Gasteiger partial charge in [-0.05, 0) is 30.0 Å². The first-order valence-corrected chi connectivity index (χ1v) is 6.34. The molecule has 0 aliphatic heterocycles. The number of rotatable bonds is 3. The lowest BCUT2D eigenvalue weighted by molar-refractivity contribution is 0.0600. The lowest BCUT2D eigenvalue weighted by Crippen LogP contribution is -2.09. The number of hydrogen-bond donors (Lipinski definition) is 3. The van der Waals surface area contributed by atoms with Crippen LogP contribution in [-0.4, -0.2) is 23.0 Å². The highest BCUT2D eigenvalue weighted by atomic mass is 32.2. The standard InChI is InChI=1S/C12H12N4O3S/c1-19-11(18)6-2-3-7(13)8(4-6)20-12-15-9(14)5-10(17)16-12/h2-5H,13H2,1H3,(H3,14,15,16,17). The van der Waals surface area contributed by atoms with Gasteiger partial charge in [0, 0.05) is 16.6 Å². The lowest BCUT2D eigenvalue weighted by Gasteiger charge is -2.07. The monoisotopic (exact) mass is 292 g/mol. The van der Waals surface area contributed by atoms with Gasteiger partial charge in [0.1, 0.15) is 5.82 Å². The Morgan fingerprint density at radius 2 is 2.10 bits per heavy atom. The average Bonchev–Trinajstić information content (AvgIpc) is 2.39. The molecule has 2 aromatic rings. The summed E-state index contributed by atoms with van der Waals surface area (Å²) in [5.74, 6) is -0.361. The molecule has 0 radical (unpaired) electrons. The van der Waals surface area contributed by atoms with Gasteiger partial charge in [0.25, 0.3) is 5.56 Å². The summed E-state index contributed by atoms with van der Waals surface area (Å²) < 4.78 is 4.64. The maximum Gasteiger partial charge on any atom is 0.337 e. The third-order valence-electron chi connectivity index (χ3n) is 2.38. The van der Waals surface area contributed by atoms with Crippen LogP contribution < -0.4 is 17.0 Å². The van der Waals surface area contributed by atoms with Crippen molar-refractivity contribution in [2.45, 2.75) is 10.1 Å². The van der Waals surface area contributed by atoms with Gasteiger partial charge in [0.15, 0.2) is 5.16 Å². The number of esters is 1. The minimum absolute atomic E-state index is 0.110. The molecule has 0 fully saturated rings. The first-order chi connectivity index (χ1) is 9.49. The van der Waals surface area contributed by atoms with Gasteiger partial charge in [-0.3, -0.25) is 4.79 Å². The Bertz CT molecular complexity index is 714. The van der Waals surface area contributed by atoms with E-state index in [1.54, 1.807) is 18.2 Å². The number of nitrogens with zero attached hydrogens (tertiary/aromatic N) is 1. The third kappa shape index (κ3) is 3.09. The number of aromatic nitrogens is 2. The average molecular weight is 292 g/mol. The Morgan fingerprint density at radius 1 is 1.35 bits per heavy atom. The first kappa shape index (κ1) is 13.9. The molecule has 7 nitrogen and oxygen atoms in total. The Kier molecular flexibility index (Phi) is 3.94. The van der Waals surface area contributed by atoms with Gasteiger partial charge in [0.05, 0.1) is 12.7 Å². The van der Waals surface area contributed by atoms with Crippen molar-refractivity contribution in [2.75, 3.05) is 18.6 Å². The highest BCUT2D eigenvalue weighted by molar-refractivity contribution is 7.99. The molecule has 0 spiro atoms. The van der Waals surface area contributed by atoms with E-state index in [4.69, 9.17) is 11.5 Å². The van der Waals surface area contributed by atoms with Crippen molar-refractivity contribution in [3.63, 3.8) is 0 Å². The van der Waals surface area contributed by atoms with Gasteiger partial charge >= 0.3 is 5.97 Å². The molecule has 5 N–H and O–H groups in total. The summed E-state index contributed by atoms with van der Waals surface area (Å²) >= 11 is 1.11. The molecule has 0 atom stereocenters. The SMILES string of the molecule is COC(=O)c1ccc(N)c(Sc2nc(N)cc(=O)[nH]2)c1. The van der Waals surface area contributed by atoms with Crippen molar-refractivity contribution < 1.29 is 9.53 Å². The summed E-state index contributed by atoms with van der Waals surface area (Å²) in [5, 5.41) is 0.295. The van der Waals surface area contributed by atoms with Crippen LogP contribution in [0.4, 0.5) is 11.5 Å². The number of methoxy groups -OCH3 is 1. The molecule has 0 saturated heterocycles. The number of nitrogens with two attached hydrogens (primary N) is 2. The predicted molar refractivity (Wildman–Crippen MR) is 75.6 cm³/mol. The number of anilines is 2. The predicted octanol–water partition coefficient (Wildman–Crippen LogP) is 0.872. The number of carbonyl (C=O) groups excluding carboxylic acids is 1. The fraction of sp³-hybridized carbons (Fsp3) is 0.0833. The van der Waals surface area contributed by atoms with Crippen LogP contribution in [0.3, 0.4) is 0 Å². The summed E-state index contributed by atoms with van der Waals surface area (Å²) in [4.78, 5) is 29.9. The van der Waals surface area contributed by atoms with Gasteiger partial charge in [-0.15, -0.1) is 0 Å². The molecular formula is C12H12N4O3S. The second-order valence-electron chi connectivity index (χ2n) is 3.82. The summed E-state index contributed by atoms with van der Waals surface area (Å²) in [6.45, 7) is 0. The molecule has 8 heteroatoms. The minimum atomic E-state index is -0.471. The fourth-order valence-electron chi connectivity index (χ4n) is 1.47. The highest BCUT2D eigenvalue weighted by Gasteiger charge is 2.11. The van der Waals surface area contributed by atoms with Crippen LogP contribution in [0.15, 0.2) is 39.1 Å². The van der Waals surface area contributed by atoms with E-state index in [1.807, 2.05) is 0 Å². The Morgan fingerprint density at radius 3 is 2.75 bits per heavy atom. The number of nitrogen functional groups attached to an aromatic ring is 2. The lowest BCUT2D eigenvalue weighted by atomic mass is 10.2. The Hall–Kier alpha value is -2.48. The second-order valence-corrected chi connectivity index (χ2v) is 4.85. The molecule has 0 aliphatic rings. The van der Waals surface area contributed by atoms with Gasteiger partial charge in [-0.2, -0.15) is 0 Å². The van der Waals surface area contributed by atoms with E-state index in [0.29, 0.717) is 21.3 Å². The molecule has 104 valence electrons. The van der Waals surface area contributed by atoms with Crippen molar-refractivity contribution in [1.29, 1.82) is 0 Å². The fourth-order valence-corrected chi connectivity index (χ4v) is 2.36. The molecule has 1 heterocycles. The smallest absolute Gasteiger partial charge is 0.337 e. The molecule has 1 aromatic carbocycles. The summed E-state index contributed by atoms with van der Waals surface area (Å²) in [5.41, 5.74) is 11.8. The van der Waals surface area contributed by atoms with Crippen LogP contribution >= 0.6 is 11.8 Å². The van der Waals surface area contributed by atoms with E-state index in [9.17, 15) is 9.59 Å². The largest absolute Gasteiger partial charge is 0.465 e. The summed E-state index contributed by atoms with van der Waals surface area (Å²) in [6, 6.07) is 5.88. The molecule has 0 amide bonds. The van der Waals surface area contributed by atoms with Crippen molar-refractivity contribution in [3.8, 4) is 0 Å². The maximum atomic E-state index is 11.5. The molecule has 20 heavy (non-hydrogen) atoms. The van der Waals surface area contributed by atoms with Crippen LogP contribution in [0.25, 0.3) is 0 Å². The normalized spacial score (nSPS) is 10.2. The number of nitrogens with one attached hydrogen (secondary N) is 1. The molecule has 1 aromatic heterocycles. The zero-order chi connectivity index (χ0) is 14.7. The van der Waals surface area contributed by atoms with Gasteiger partial charge in [0.2, 0.25) is 0 Å². The molecule has 0 saturated carbocycles. The molecule has 2 rings (SSSR count). The number of H-pyrrole nitrogens is 1. The Balaban J connectivity index is 2.37. The van der Waals surface area contributed by atoms with Crippen LogP contribution in [0.2, 0.25) is 0 Å². The summed E-state index contributed by atoms with van der Waals surface area (Å²) in [7, 11) is 1.29. The zero-order valence-corrected chi connectivity index (χ0v) is 11.4. The van der Waals surface area contributed by atoms with Crippen LogP contribution in [0, 0.1) is 0 Å². The van der Waals surface area contributed by atoms with Gasteiger partial charge < -0.3 is 21.2 Å². The minimum Gasteiger partial charge on any atom is -0.465 e. The van der Waals surface area contributed by atoms with Crippen molar-refractivity contribution in [2.24, 2.45) is 0 Å². The summed E-state index contributed by atoms with van der Waals surface area (Å²) in [6.07, 6.45) is 0. The van der Waals surface area contributed by atoms with Crippen molar-refractivity contribution in [3.05, 3.63) is 40.2 Å². The van der Waals surface area contributed by atoms with Gasteiger partial charge in [-0.25, -0.2) is 9.78 Å². The number of aromatic amines is 1.